The topological polar surface area (TPSA) is 123 Å². The molecule has 1 saturated heterocycles. The predicted molar refractivity (Wildman–Crippen MR) is 117 cm³/mol. The summed E-state index contributed by atoms with van der Waals surface area (Å²) in [6.07, 6.45) is 3.44. The Bertz CT molecular complexity index is 923. The van der Waals surface area contributed by atoms with Crippen LogP contribution in [0.25, 0.3) is 0 Å². The van der Waals surface area contributed by atoms with E-state index in [1.54, 1.807) is 0 Å². The second-order valence-corrected chi connectivity index (χ2v) is 10.9. The van der Waals surface area contributed by atoms with E-state index >= 15 is 0 Å². The summed E-state index contributed by atoms with van der Waals surface area (Å²) in [5.41, 5.74) is 3.91. The van der Waals surface area contributed by atoms with Crippen molar-refractivity contribution in [2.45, 2.75) is 56.1 Å². The maximum atomic E-state index is 13.0. The Labute approximate surface area is 191 Å². The van der Waals surface area contributed by atoms with Crippen LogP contribution in [0.15, 0.2) is 27.8 Å². The minimum absolute atomic E-state index is 0.0560. The molecule has 1 aromatic rings. The van der Waals surface area contributed by atoms with Crippen molar-refractivity contribution >= 4 is 37.9 Å². The maximum Gasteiger partial charge on any atom is 0.299 e. The summed E-state index contributed by atoms with van der Waals surface area (Å²) >= 11 is 3.18. The number of aromatic nitrogens is 1. The van der Waals surface area contributed by atoms with E-state index in [4.69, 9.17) is 9.92 Å². The van der Waals surface area contributed by atoms with Gasteiger partial charge in [0.05, 0.1) is 0 Å². The smallest absolute Gasteiger partial charge is 0.299 e. The van der Waals surface area contributed by atoms with Gasteiger partial charge in [-0.15, -0.1) is 0 Å². The summed E-state index contributed by atoms with van der Waals surface area (Å²) in [6, 6.07) is 1.80. The Hall–Kier alpha value is -1.56. The number of pyridine rings is 1. The molecule has 0 atom stereocenters. The summed E-state index contributed by atoms with van der Waals surface area (Å²) in [5, 5.41) is 0. The van der Waals surface area contributed by atoms with Crippen LogP contribution in [0.5, 0.6) is 0 Å². The minimum atomic E-state index is -4.25. The number of primary amides is 1. The van der Waals surface area contributed by atoms with Crippen molar-refractivity contribution in [2.75, 3.05) is 26.2 Å². The lowest BCUT2D eigenvalue weighted by Crippen LogP contribution is -2.54. The summed E-state index contributed by atoms with van der Waals surface area (Å²) in [7, 11) is -4.25. The second-order valence-electron chi connectivity index (χ2n) is 8.46. The first-order valence-corrected chi connectivity index (χ1v) is 12.6. The zero-order chi connectivity index (χ0) is 22.8. The van der Waals surface area contributed by atoms with Crippen LogP contribution in [0.2, 0.25) is 0 Å². The average molecular weight is 517 g/mol. The van der Waals surface area contributed by atoms with Crippen molar-refractivity contribution in [3.63, 3.8) is 0 Å². The zero-order valence-electron chi connectivity index (χ0n) is 17.8. The van der Waals surface area contributed by atoms with Crippen LogP contribution in [0.4, 0.5) is 0 Å². The van der Waals surface area contributed by atoms with Crippen LogP contribution < -0.4 is 5.73 Å². The third kappa shape index (κ3) is 5.44. The first kappa shape index (κ1) is 24.1. The predicted octanol–water partition coefficient (Wildman–Crippen LogP) is 1.52. The van der Waals surface area contributed by atoms with Crippen LogP contribution in [-0.2, 0) is 23.9 Å². The molecule has 2 heterocycles. The third-order valence-electron chi connectivity index (χ3n) is 6.19. The number of hydrogen-bond donors (Lipinski definition) is 1. The maximum absolute atomic E-state index is 13.0. The van der Waals surface area contributed by atoms with Gasteiger partial charge < -0.3 is 10.6 Å². The molecule has 0 spiro atoms. The van der Waals surface area contributed by atoms with Crippen molar-refractivity contribution in [1.82, 2.24) is 14.8 Å². The van der Waals surface area contributed by atoms with Crippen LogP contribution in [0.1, 0.15) is 39.5 Å². The molecular weight excluding hydrogens is 488 g/mol. The fourth-order valence-corrected chi connectivity index (χ4v) is 5.95. The molecule has 1 aliphatic heterocycles. The summed E-state index contributed by atoms with van der Waals surface area (Å²) in [6.45, 7) is 7.30. The van der Waals surface area contributed by atoms with Crippen LogP contribution in [0.3, 0.4) is 0 Å². The van der Waals surface area contributed by atoms with E-state index in [-0.39, 0.29) is 29.6 Å². The van der Waals surface area contributed by atoms with Crippen molar-refractivity contribution in [3.05, 3.63) is 22.9 Å². The van der Waals surface area contributed by atoms with Crippen molar-refractivity contribution in [1.29, 1.82) is 0 Å². The Morgan fingerprint density at radius 1 is 1.19 bits per heavy atom. The summed E-state index contributed by atoms with van der Waals surface area (Å²) in [5.74, 6) is -1.05. The molecule has 31 heavy (non-hydrogen) atoms. The van der Waals surface area contributed by atoms with E-state index in [9.17, 15) is 18.0 Å². The van der Waals surface area contributed by atoms with Gasteiger partial charge in [0.25, 0.3) is 16.0 Å². The number of amides is 2. The highest BCUT2D eigenvalue weighted by molar-refractivity contribution is 9.10. The van der Waals surface area contributed by atoms with Gasteiger partial charge in [-0.2, -0.15) is 8.42 Å². The van der Waals surface area contributed by atoms with E-state index < -0.39 is 21.6 Å². The van der Waals surface area contributed by atoms with Crippen molar-refractivity contribution < 1.29 is 22.2 Å². The lowest BCUT2D eigenvalue weighted by Gasteiger charge is -2.41. The van der Waals surface area contributed by atoms with Crippen molar-refractivity contribution in [2.24, 2.45) is 11.7 Å². The summed E-state index contributed by atoms with van der Waals surface area (Å²) < 4.78 is 31.3. The number of rotatable bonds is 6. The number of carbonyl (C=O) groups excluding carboxylic acids is 2. The Morgan fingerprint density at radius 3 is 2.32 bits per heavy atom. The zero-order valence-corrected chi connectivity index (χ0v) is 20.2. The first-order chi connectivity index (χ1) is 14.5. The molecular formula is C20H29BrN4O5S. The van der Waals surface area contributed by atoms with Gasteiger partial charge in [-0.05, 0) is 61.5 Å². The first-order valence-electron chi connectivity index (χ1n) is 10.4. The molecule has 9 nitrogen and oxygen atoms in total. The van der Waals surface area contributed by atoms with E-state index in [2.05, 4.69) is 39.7 Å². The van der Waals surface area contributed by atoms with E-state index in [1.165, 1.54) is 12.3 Å². The average Bonchev–Trinajstić information content (AvgIpc) is 2.73. The van der Waals surface area contributed by atoms with E-state index in [0.717, 1.165) is 19.3 Å². The third-order valence-corrected chi connectivity index (χ3v) is 7.96. The van der Waals surface area contributed by atoms with E-state index in [0.29, 0.717) is 36.4 Å². The summed E-state index contributed by atoms with van der Waals surface area (Å²) in [4.78, 5) is 33.1. The minimum Gasteiger partial charge on any atom is -0.367 e. The molecule has 1 aliphatic carbocycles. The molecule has 172 valence electrons. The van der Waals surface area contributed by atoms with Gasteiger partial charge in [0, 0.05) is 55.0 Å². The fourth-order valence-electron chi connectivity index (χ4n) is 4.21. The van der Waals surface area contributed by atoms with Gasteiger partial charge >= 0.3 is 0 Å². The molecule has 1 saturated carbocycles. The molecule has 2 amide bonds. The largest absolute Gasteiger partial charge is 0.367 e. The lowest BCUT2D eigenvalue weighted by molar-refractivity contribution is -0.145. The molecule has 0 radical (unpaired) electrons. The Balaban J connectivity index is 1.66. The molecule has 2 N–H and O–H groups in total. The number of nitrogens with zero attached hydrogens (tertiary/aromatic N) is 3. The monoisotopic (exact) mass is 516 g/mol. The van der Waals surface area contributed by atoms with Crippen LogP contribution in [0, 0.1) is 5.92 Å². The van der Waals surface area contributed by atoms with Crippen LogP contribution >= 0.6 is 15.9 Å². The number of halogens is 1. The van der Waals surface area contributed by atoms with Crippen LogP contribution in [-0.4, -0.2) is 72.8 Å². The molecule has 11 heteroatoms. The molecule has 1 aromatic heterocycles. The molecule has 0 bridgehead atoms. The van der Waals surface area contributed by atoms with E-state index in [1.807, 2.05) is 4.90 Å². The standard InChI is InChI=1S/C20H29BrN4O5S/c1-14(2)24-7-9-25(10-8-24)18(26)15-3-5-20(6-4-15,19(22)27)30-31(28,29)17-11-16(21)12-23-13-17/h11-15H,3-10H2,1-2H3,(H2,22,27). The Kier molecular flexibility index (Phi) is 7.39. The molecule has 0 aromatic carbocycles. The van der Waals surface area contributed by atoms with Gasteiger partial charge in [-0.1, -0.05) is 0 Å². The second kappa shape index (κ2) is 9.51. The SMILES string of the molecule is CC(C)N1CCN(C(=O)C2CCC(OS(=O)(=O)c3cncc(Br)c3)(C(N)=O)CC2)CC1. The highest BCUT2D eigenvalue weighted by Crippen LogP contribution is 2.38. The van der Waals surface area contributed by atoms with Gasteiger partial charge in [0.15, 0.2) is 5.60 Å². The number of nitrogens with two attached hydrogens (primary N) is 1. The molecule has 3 rings (SSSR count). The van der Waals surface area contributed by atoms with Gasteiger partial charge in [0.1, 0.15) is 4.90 Å². The number of hydrogen-bond acceptors (Lipinski definition) is 7. The number of piperazine rings is 1. The number of carbonyl (C=O) groups is 2. The van der Waals surface area contributed by atoms with Gasteiger partial charge in [-0.25, -0.2) is 4.18 Å². The van der Waals surface area contributed by atoms with Gasteiger partial charge in [0.2, 0.25) is 5.91 Å². The molecule has 2 fully saturated rings. The Morgan fingerprint density at radius 2 is 1.81 bits per heavy atom. The molecule has 2 aliphatic rings. The quantitative estimate of drug-likeness (QED) is 0.568. The van der Waals surface area contributed by atoms with Gasteiger partial charge in [-0.3, -0.25) is 19.5 Å². The fraction of sp³-hybridized carbons (Fsp3) is 0.650. The highest BCUT2D eigenvalue weighted by atomic mass is 79.9. The molecule has 0 unspecified atom stereocenters. The highest BCUT2D eigenvalue weighted by Gasteiger charge is 2.47. The lowest BCUT2D eigenvalue weighted by atomic mass is 9.78. The normalized spacial score (nSPS) is 25.5. The van der Waals surface area contributed by atoms with Crippen molar-refractivity contribution in [3.8, 4) is 0 Å².